The molecule has 0 fully saturated rings. The molecule has 1 aliphatic carbocycles. The monoisotopic (exact) mass is 227 g/mol. The summed E-state index contributed by atoms with van der Waals surface area (Å²) in [6.45, 7) is 3.21. The second kappa shape index (κ2) is 4.32. The van der Waals surface area contributed by atoms with E-state index in [1.807, 2.05) is 0 Å². The van der Waals surface area contributed by atoms with Crippen LogP contribution < -0.4 is 0 Å². The molecule has 1 aliphatic rings. The van der Waals surface area contributed by atoms with Crippen molar-refractivity contribution in [2.75, 3.05) is 0 Å². The molecule has 0 atom stereocenters. The normalized spacial score (nSPS) is 13.2. The van der Waals surface area contributed by atoms with Crippen molar-refractivity contribution in [3.8, 4) is 11.3 Å². The van der Waals surface area contributed by atoms with E-state index in [1.165, 1.54) is 29.7 Å². The van der Waals surface area contributed by atoms with Gasteiger partial charge in [0, 0.05) is 12.1 Å². The molecule has 2 aromatic rings. The van der Waals surface area contributed by atoms with Crippen LogP contribution in [0.25, 0.3) is 11.3 Å². The van der Waals surface area contributed by atoms with Crippen LogP contribution >= 0.6 is 0 Å². The Balaban J connectivity index is 2.01. The number of aromatic nitrogens is 3. The molecule has 0 saturated heterocycles. The Bertz CT molecular complexity index is 528. The number of unbranched alkanes of at least 4 members (excludes halogenated alkanes) is 1. The van der Waals surface area contributed by atoms with Gasteiger partial charge in [-0.05, 0) is 24.8 Å². The van der Waals surface area contributed by atoms with Gasteiger partial charge in [-0.3, -0.25) is 0 Å². The fraction of sp³-hybridized carbons (Fsp3) is 0.429. The van der Waals surface area contributed by atoms with Gasteiger partial charge in [0.15, 0.2) is 0 Å². The molecule has 88 valence electrons. The summed E-state index contributed by atoms with van der Waals surface area (Å²) in [4.78, 5) is 0. The van der Waals surface area contributed by atoms with Gasteiger partial charge < -0.3 is 0 Å². The van der Waals surface area contributed by atoms with Gasteiger partial charge in [-0.2, -0.15) is 0 Å². The second-order valence-electron chi connectivity index (χ2n) is 4.62. The van der Waals surface area contributed by atoms with E-state index in [1.54, 1.807) is 0 Å². The molecule has 0 bridgehead atoms. The summed E-state index contributed by atoms with van der Waals surface area (Å²) >= 11 is 0. The number of hydrogen-bond acceptors (Lipinski definition) is 2. The zero-order valence-electron chi connectivity index (χ0n) is 10.2. The van der Waals surface area contributed by atoms with Crippen molar-refractivity contribution >= 4 is 0 Å². The first-order valence-corrected chi connectivity index (χ1v) is 6.41. The standard InChI is InChI=1S/C14H17N3/c1-2-3-10-17-13-9-8-11-6-4-5-7-12(11)14(13)15-16-17/h4-7H,2-3,8-10H2,1H3. The lowest BCUT2D eigenvalue weighted by Gasteiger charge is -2.15. The number of rotatable bonds is 3. The summed E-state index contributed by atoms with van der Waals surface area (Å²) in [7, 11) is 0. The van der Waals surface area contributed by atoms with E-state index in [4.69, 9.17) is 0 Å². The number of benzene rings is 1. The van der Waals surface area contributed by atoms with Crippen LogP contribution in [0.2, 0.25) is 0 Å². The average molecular weight is 227 g/mol. The highest BCUT2D eigenvalue weighted by atomic mass is 15.4. The number of nitrogens with zero attached hydrogens (tertiary/aromatic N) is 3. The maximum Gasteiger partial charge on any atom is 0.116 e. The highest BCUT2D eigenvalue weighted by Gasteiger charge is 2.21. The van der Waals surface area contributed by atoms with E-state index < -0.39 is 0 Å². The van der Waals surface area contributed by atoms with Gasteiger partial charge in [0.1, 0.15) is 5.69 Å². The molecular weight excluding hydrogens is 210 g/mol. The number of fused-ring (bicyclic) bond motifs is 3. The third-order valence-electron chi connectivity index (χ3n) is 3.46. The largest absolute Gasteiger partial charge is 0.249 e. The fourth-order valence-corrected chi connectivity index (χ4v) is 2.50. The van der Waals surface area contributed by atoms with Crippen molar-refractivity contribution in [1.82, 2.24) is 15.0 Å². The van der Waals surface area contributed by atoms with Gasteiger partial charge in [0.25, 0.3) is 0 Å². The lowest BCUT2D eigenvalue weighted by molar-refractivity contribution is 0.531. The minimum atomic E-state index is 1.00. The van der Waals surface area contributed by atoms with Crippen LogP contribution in [-0.4, -0.2) is 15.0 Å². The lowest BCUT2D eigenvalue weighted by Crippen LogP contribution is -2.10. The molecule has 17 heavy (non-hydrogen) atoms. The summed E-state index contributed by atoms with van der Waals surface area (Å²) in [5.74, 6) is 0. The molecule has 0 saturated carbocycles. The molecule has 0 unspecified atom stereocenters. The summed E-state index contributed by atoms with van der Waals surface area (Å²) in [6, 6.07) is 8.54. The molecule has 0 aliphatic heterocycles. The zero-order valence-corrected chi connectivity index (χ0v) is 10.2. The van der Waals surface area contributed by atoms with Crippen LogP contribution in [0.1, 0.15) is 31.0 Å². The van der Waals surface area contributed by atoms with E-state index in [9.17, 15) is 0 Å². The van der Waals surface area contributed by atoms with Crippen molar-refractivity contribution in [3.05, 3.63) is 35.5 Å². The minimum Gasteiger partial charge on any atom is -0.249 e. The first-order valence-electron chi connectivity index (χ1n) is 6.41. The number of aryl methyl sites for hydroxylation is 2. The molecule has 1 aromatic carbocycles. The van der Waals surface area contributed by atoms with Gasteiger partial charge in [0.05, 0.1) is 5.69 Å². The van der Waals surface area contributed by atoms with Gasteiger partial charge in [-0.1, -0.05) is 42.8 Å². The van der Waals surface area contributed by atoms with Crippen LogP contribution in [0.5, 0.6) is 0 Å². The molecule has 3 rings (SSSR count). The molecule has 3 heteroatoms. The van der Waals surface area contributed by atoms with Crippen molar-refractivity contribution in [2.45, 2.75) is 39.2 Å². The van der Waals surface area contributed by atoms with E-state index in [0.717, 1.165) is 25.1 Å². The first kappa shape index (κ1) is 10.5. The van der Waals surface area contributed by atoms with Crippen LogP contribution in [0, 0.1) is 0 Å². The van der Waals surface area contributed by atoms with Crippen LogP contribution in [-0.2, 0) is 19.4 Å². The van der Waals surface area contributed by atoms with Gasteiger partial charge >= 0.3 is 0 Å². The fourth-order valence-electron chi connectivity index (χ4n) is 2.50. The molecule has 0 amide bonds. The Kier molecular flexibility index (Phi) is 2.67. The molecule has 3 nitrogen and oxygen atoms in total. The molecule has 0 spiro atoms. The highest BCUT2D eigenvalue weighted by molar-refractivity contribution is 5.67. The Morgan fingerprint density at radius 3 is 3.00 bits per heavy atom. The molecule has 0 N–H and O–H groups in total. The Labute approximate surface area is 101 Å². The highest BCUT2D eigenvalue weighted by Crippen LogP contribution is 2.31. The number of hydrogen-bond donors (Lipinski definition) is 0. The van der Waals surface area contributed by atoms with Crippen LogP contribution in [0.4, 0.5) is 0 Å². The lowest BCUT2D eigenvalue weighted by atomic mass is 9.92. The maximum atomic E-state index is 4.36. The quantitative estimate of drug-likeness (QED) is 0.807. The molecule has 1 heterocycles. The second-order valence-corrected chi connectivity index (χ2v) is 4.62. The summed E-state index contributed by atoms with van der Waals surface area (Å²) in [5, 5.41) is 8.66. The third kappa shape index (κ3) is 1.75. The Morgan fingerprint density at radius 1 is 1.24 bits per heavy atom. The van der Waals surface area contributed by atoms with Gasteiger partial charge in [-0.25, -0.2) is 4.68 Å². The first-order chi connectivity index (χ1) is 8.40. The topological polar surface area (TPSA) is 30.7 Å². The Morgan fingerprint density at radius 2 is 2.12 bits per heavy atom. The van der Waals surface area contributed by atoms with Crippen molar-refractivity contribution in [1.29, 1.82) is 0 Å². The van der Waals surface area contributed by atoms with Crippen molar-refractivity contribution in [3.63, 3.8) is 0 Å². The van der Waals surface area contributed by atoms with Gasteiger partial charge in [0.2, 0.25) is 0 Å². The Hall–Kier alpha value is -1.64. The van der Waals surface area contributed by atoms with Gasteiger partial charge in [-0.15, -0.1) is 5.10 Å². The molecular formula is C14H17N3. The van der Waals surface area contributed by atoms with E-state index in [0.29, 0.717) is 0 Å². The van der Waals surface area contributed by atoms with Crippen molar-refractivity contribution < 1.29 is 0 Å². The summed E-state index contributed by atoms with van der Waals surface area (Å²) in [5.41, 5.74) is 5.10. The molecule has 1 aromatic heterocycles. The molecule has 0 radical (unpaired) electrons. The maximum absolute atomic E-state index is 4.36. The predicted octanol–water partition coefficient (Wildman–Crippen LogP) is 2.84. The zero-order chi connectivity index (χ0) is 11.7. The predicted molar refractivity (Wildman–Crippen MR) is 67.8 cm³/mol. The van der Waals surface area contributed by atoms with Crippen LogP contribution in [0.15, 0.2) is 24.3 Å². The smallest absolute Gasteiger partial charge is 0.116 e. The van der Waals surface area contributed by atoms with Crippen LogP contribution in [0.3, 0.4) is 0 Å². The minimum absolute atomic E-state index is 1.00. The van der Waals surface area contributed by atoms with E-state index in [-0.39, 0.29) is 0 Å². The third-order valence-corrected chi connectivity index (χ3v) is 3.46. The summed E-state index contributed by atoms with van der Waals surface area (Å²) < 4.78 is 2.09. The van der Waals surface area contributed by atoms with E-state index >= 15 is 0 Å². The van der Waals surface area contributed by atoms with E-state index in [2.05, 4.69) is 46.2 Å². The van der Waals surface area contributed by atoms with Crippen molar-refractivity contribution in [2.24, 2.45) is 0 Å². The summed E-state index contributed by atoms with van der Waals surface area (Å²) in [6.07, 6.45) is 4.56. The SMILES string of the molecule is CCCCn1nnc2c1CCc1ccccc1-2. The average Bonchev–Trinajstić information content (AvgIpc) is 2.80.